The van der Waals surface area contributed by atoms with E-state index in [1.54, 1.807) is 19.1 Å². The minimum atomic E-state index is -0.742. The summed E-state index contributed by atoms with van der Waals surface area (Å²) in [7, 11) is 0. The number of non-ortho nitro benzene ring substituents is 1. The van der Waals surface area contributed by atoms with E-state index in [1.807, 2.05) is 0 Å². The summed E-state index contributed by atoms with van der Waals surface area (Å²) in [6.07, 6.45) is 1.07. The second kappa shape index (κ2) is 7.06. The number of aromatic nitrogens is 2. The third-order valence-electron chi connectivity index (χ3n) is 4.39. The number of hydrogen-bond acceptors (Lipinski definition) is 7. The molecular formula is C16H20N4O4. The van der Waals surface area contributed by atoms with Crippen LogP contribution in [-0.4, -0.2) is 44.7 Å². The monoisotopic (exact) mass is 332 g/mol. The van der Waals surface area contributed by atoms with E-state index in [2.05, 4.69) is 15.0 Å². The number of piperidine rings is 1. The molecular weight excluding hydrogens is 312 g/mol. The Balaban J connectivity index is 1.55. The molecule has 1 aromatic heterocycles. The Bertz CT molecular complexity index is 710. The molecule has 0 radical (unpaired) electrons. The van der Waals surface area contributed by atoms with Gasteiger partial charge in [0.25, 0.3) is 5.69 Å². The zero-order valence-electron chi connectivity index (χ0n) is 13.5. The van der Waals surface area contributed by atoms with Gasteiger partial charge in [-0.15, -0.1) is 0 Å². The van der Waals surface area contributed by atoms with Crippen LogP contribution in [0, 0.1) is 17.0 Å². The van der Waals surface area contributed by atoms with Gasteiger partial charge in [-0.3, -0.25) is 10.1 Å². The average molecular weight is 332 g/mol. The second-order valence-electron chi connectivity index (χ2n) is 6.11. The molecule has 8 nitrogen and oxygen atoms in total. The number of benzene rings is 1. The van der Waals surface area contributed by atoms with Crippen molar-refractivity contribution in [1.29, 1.82) is 0 Å². The zero-order valence-corrected chi connectivity index (χ0v) is 13.5. The molecule has 0 amide bonds. The SMILES string of the molecule is Cc1nc(C2CCN(CC(O)c3cccc([N+](=O)[O-])c3)CC2)no1. The highest BCUT2D eigenvalue weighted by atomic mass is 16.6. The summed E-state index contributed by atoms with van der Waals surface area (Å²) in [6, 6.07) is 6.17. The highest BCUT2D eigenvalue weighted by Crippen LogP contribution is 2.27. The van der Waals surface area contributed by atoms with Crippen LogP contribution in [0.1, 0.15) is 42.1 Å². The minimum Gasteiger partial charge on any atom is -0.387 e. The lowest BCUT2D eigenvalue weighted by Crippen LogP contribution is -2.36. The summed E-state index contributed by atoms with van der Waals surface area (Å²) in [4.78, 5) is 16.8. The largest absolute Gasteiger partial charge is 0.387 e. The molecule has 2 aromatic rings. The van der Waals surface area contributed by atoms with Gasteiger partial charge in [-0.25, -0.2) is 0 Å². The van der Waals surface area contributed by atoms with Gasteiger partial charge in [-0.05, 0) is 31.5 Å². The van der Waals surface area contributed by atoms with Gasteiger partial charge in [0.2, 0.25) is 5.89 Å². The summed E-state index contributed by atoms with van der Waals surface area (Å²) in [6.45, 7) is 3.88. The molecule has 0 saturated carbocycles. The minimum absolute atomic E-state index is 0.00210. The van der Waals surface area contributed by atoms with E-state index in [-0.39, 0.29) is 11.6 Å². The van der Waals surface area contributed by atoms with Crippen LogP contribution in [0.5, 0.6) is 0 Å². The fourth-order valence-corrected chi connectivity index (χ4v) is 3.05. The van der Waals surface area contributed by atoms with E-state index in [1.165, 1.54) is 12.1 Å². The number of hydrogen-bond donors (Lipinski definition) is 1. The first-order valence-corrected chi connectivity index (χ1v) is 7.98. The van der Waals surface area contributed by atoms with Crippen molar-refractivity contribution in [1.82, 2.24) is 15.0 Å². The van der Waals surface area contributed by atoms with E-state index in [9.17, 15) is 15.2 Å². The van der Waals surface area contributed by atoms with Gasteiger partial charge in [-0.1, -0.05) is 17.3 Å². The van der Waals surface area contributed by atoms with Crippen molar-refractivity contribution in [2.24, 2.45) is 0 Å². The number of likely N-dealkylation sites (tertiary alicyclic amines) is 1. The van der Waals surface area contributed by atoms with Gasteiger partial charge in [0.05, 0.1) is 11.0 Å². The van der Waals surface area contributed by atoms with Gasteiger partial charge in [0, 0.05) is 31.5 Å². The maximum absolute atomic E-state index is 10.8. The molecule has 128 valence electrons. The Morgan fingerprint density at radius 1 is 1.46 bits per heavy atom. The van der Waals surface area contributed by atoms with Crippen molar-refractivity contribution in [3.63, 3.8) is 0 Å². The quantitative estimate of drug-likeness (QED) is 0.661. The molecule has 24 heavy (non-hydrogen) atoms. The Morgan fingerprint density at radius 3 is 2.83 bits per heavy atom. The number of nitro benzene ring substituents is 1. The van der Waals surface area contributed by atoms with Crippen molar-refractivity contribution in [2.75, 3.05) is 19.6 Å². The predicted molar refractivity (Wildman–Crippen MR) is 85.5 cm³/mol. The van der Waals surface area contributed by atoms with Crippen molar-refractivity contribution in [2.45, 2.75) is 31.8 Å². The van der Waals surface area contributed by atoms with Crippen LogP contribution in [-0.2, 0) is 0 Å². The molecule has 1 unspecified atom stereocenters. The van der Waals surface area contributed by atoms with Crippen molar-refractivity contribution in [3.05, 3.63) is 51.7 Å². The zero-order chi connectivity index (χ0) is 17.1. The summed E-state index contributed by atoms with van der Waals surface area (Å²) < 4.78 is 5.03. The molecule has 1 N–H and O–H groups in total. The maximum atomic E-state index is 10.8. The van der Waals surface area contributed by atoms with Crippen LogP contribution in [0.3, 0.4) is 0 Å². The molecule has 1 aliphatic heterocycles. The number of aliphatic hydroxyl groups excluding tert-OH is 1. The molecule has 0 spiro atoms. The first kappa shape index (κ1) is 16.5. The topological polar surface area (TPSA) is 106 Å². The highest BCUT2D eigenvalue weighted by molar-refractivity contribution is 5.35. The predicted octanol–water partition coefficient (Wildman–Crippen LogP) is 2.20. The fraction of sp³-hybridized carbons (Fsp3) is 0.500. The van der Waals surface area contributed by atoms with Crippen molar-refractivity contribution >= 4 is 5.69 Å². The third-order valence-corrected chi connectivity index (χ3v) is 4.39. The molecule has 1 saturated heterocycles. The first-order valence-electron chi connectivity index (χ1n) is 7.98. The highest BCUT2D eigenvalue weighted by Gasteiger charge is 2.25. The lowest BCUT2D eigenvalue weighted by atomic mass is 9.95. The molecule has 3 rings (SSSR count). The molecule has 1 aliphatic rings. The molecule has 0 bridgehead atoms. The van der Waals surface area contributed by atoms with Gasteiger partial charge >= 0.3 is 0 Å². The number of rotatable bonds is 5. The van der Waals surface area contributed by atoms with Gasteiger partial charge < -0.3 is 14.5 Å². The van der Waals surface area contributed by atoms with Crippen LogP contribution in [0.4, 0.5) is 5.69 Å². The van der Waals surface area contributed by atoms with Crippen molar-refractivity contribution < 1.29 is 14.6 Å². The summed E-state index contributed by atoms with van der Waals surface area (Å²) >= 11 is 0. The summed E-state index contributed by atoms with van der Waals surface area (Å²) in [5.74, 6) is 1.62. The molecule has 1 fully saturated rings. The van der Waals surface area contributed by atoms with Crippen molar-refractivity contribution in [3.8, 4) is 0 Å². The number of nitro groups is 1. The van der Waals surface area contributed by atoms with Crippen LogP contribution in [0.2, 0.25) is 0 Å². The maximum Gasteiger partial charge on any atom is 0.269 e. The smallest absolute Gasteiger partial charge is 0.269 e. The normalized spacial score (nSPS) is 17.8. The van der Waals surface area contributed by atoms with E-state index in [4.69, 9.17) is 4.52 Å². The van der Waals surface area contributed by atoms with Crippen LogP contribution >= 0.6 is 0 Å². The number of aryl methyl sites for hydroxylation is 1. The Labute approximate surface area is 139 Å². The van der Waals surface area contributed by atoms with E-state index >= 15 is 0 Å². The van der Waals surface area contributed by atoms with Crippen LogP contribution < -0.4 is 0 Å². The average Bonchev–Trinajstić information content (AvgIpc) is 3.02. The summed E-state index contributed by atoms with van der Waals surface area (Å²) in [5, 5.41) is 25.2. The Morgan fingerprint density at radius 2 is 2.21 bits per heavy atom. The molecule has 2 heterocycles. The van der Waals surface area contributed by atoms with E-state index in [0.29, 0.717) is 18.0 Å². The fourth-order valence-electron chi connectivity index (χ4n) is 3.05. The number of aliphatic hydroxyl groups is 1. The van der Waals surface area contributed by atoms with Gasteiger partial charge in [0.15, 0.2) is 5.82 Å². The van der Waals surface area contributed by atoms with Crippen LogP contribution in [0.15, 0.2) is 28.8 Å². The second-order valence-corrected chi connectivity index (χ2v) is 6.11. The van der Waals surface area contributed by atoms with Crippen LogP contribution in [0.25, 0.3) is 0 Å². The molecule has 1 aromatic carbocycles. The van der Waals surface area contributed by atoms with Gasteiger partial charge in [0.1, 0.15) is 0 Å². The Kier molecular flexibility index (Phi) is 4.86. The molecule has 0 aliphatic carbocycles. The van der Waals surface area contributed by atoms with Gasteiger partial charge in [-0.2, -0.15) is 4.98 Å². The standard InChI is InChI=1S/C16H20N4O4/c1-11-17-16(18-24-11)12-5-7-19(8-6-12)10-15(21)13-3-2-4-14(9-13)20(22)23/h2-4,9,12,15,21H,5-8,10H2,1H3. The lowest BCUT2D eigenvalue weighted by Gasteiger charge is -2.31. The number of β-amino-alcohol motifs (C(OH)–C–C–N with tert-alkyl or cyclic N) is 1. The summed E-state index contributed by atoms with van der Waals surface area (Å²) in [5.41, 5.74) is 0.567. The third kappa shape index (κ3) is 3.77. The molecule has 1 atom stereocenters. The first-order chi connectivity index (χ1) is 11.5. The lowest BCUT2D eigenvalue weighted by molar-refractivity contribution is -0.385. The molecule has 8 heteroatoms. The number of nitrogens with zero attached hydrogens (tertiary/aromatic N) is 4. The Hall–Kier alpha value is -2.32. The van der Waals surface area contributed by atoms with E-state index in [0.717, 1.165) is 31.8 Å². The van der Waals surface area contributed by atoms with E-state index < -0.39 is 11.0 Å².